The van der Waals surface area contributed by atoms with Crippen molar-refractivity contribution in [2.75, 3.05) is 69.9 Å². The minimum atomic E-state index is -4.40. The summed E-state index contributed by atoms with van der Waals surface area (Å²) in [6.45, 7) is 7.19. The minimum absolute atomic E-state index is 0.0844. The first-order valence-corrected chi connectivity index (χ1v) is 12.9. The van der Waals surface area contributed by atoms with E-state index in [0.29, 0.717) is 60.6 Å². The molecule has 0 unspecified atom stereocenters. The second kappa shape index (κ2) is 13.3. The number of hydrogen-bond acceptors (Lipinski definition) is 11. The van der Waals surface area contributed by atoms with Crippen LogP contribution in [0.4, 0.5) is 30.8 Å². The smallest absolute Gasteiger partial charge is 0.380 e. The van der Waals surface area contributed by atoms with Gasteiger partial charge in [-0.2, -0.15) is 23.3 Å². The Morgan fingerprint density at radius 2 is 2.08 bits per heavy atom. The molecule has 0 spiro atoms. The van der Waals surface area contributed by atoms with Gasteiger partial charge in [-0.05, 0) is 27.0 Å². The number of ether oxygens (including phenoxy) is 2. The Labute approximate surface area is 224 Å². The molecule has 3 aromatic heterocycles. The lowest BCUT2D eigenvalue weighted by atomic mass is 10.2. The summed E-state index contributed by atoms with van der Waals surface area (Å²) in [7, 11) is 1.95. The lowest BCUT2D eigenvalue weighted by Gasteiger charge is -2.32. The molecule has 0 aromatic carbocycles. The highest BCUT2D eigenvalue weighted by Gasteiger charge is 2.28. The van der Waals surface area contributed by atoms with Gasteiger partial charge in [0.05, 0.1) is 19.8 Å². The Kier molecular flexibility index (Phi) is 9.83. The predicted molar refractivity (Wildman–Crippen MR) is 140 cm³/mol. The third-order valence-corrected chi connectivity index (χ3v) is 6.08. The van der Waals surface area contributed by atoms with E-state index in [-0.39, 0.29) is 19.2 Å². The second-order valence-electron chi connectivity index (χ2n) is 9.36. The molecule has 15 heteroatoms. The average Bonchev–Trinajstić information content (AvgIpc) is 3.24. The molecule has 1 atom stereocenters. The molecule has 12 nitrogen and oxygen atoms in total. The van der Waals surface area contributed by atoms with Crippen LogP contribution < -0.4 is 15.5 Å². The molecule has 2 N–H and O–H groups in total. The first-order valence-electron chi connectivity index (χ1n) is 12.9. The summed E-state index contributed by atoms with van der Waals surface area (Å²) in [4.78, 5) is 22.2. The minimum Gasteiger partial charge on any atom is -0.380 e. The summed E-state index contributed by atoms with van der Waals surface area (Å²) >= 11 is 0. The zero-order valence-electron chi connectivity index (χ0n) is 22.4. The Bertz CT molecular complexity index is 1190. The SMILES string of the molecule is CCOCCN(C)Cc1nn(CCOCC(F)(F)F)c2c(Nc3ccncn3)nc(N3CCN[C@H](C)C3)nc12. The number of nitrogens with one attached hydrogen (secondary N) is 2. The van der Waals surface area contributed by atoms with Crippen LogP contribution in [0.15, 0.2) is 18.6 Å². The molecular weight excluding hydrogens is 517 g/mol. The lowest BCUT2D eigenvalue weighted by molar-refractivity contribution is -0.174. The quantitative estimate of drug-likeness (QED) is 0.304. The van der Waals surface area contributed by atoms with Crippen LogP contribution in [0.2, 0.25) is 0 Å². The highest BCUT2D eigenvalue weighted by atomic mass is 19.4. The molecule has 214 valence electrons. The normalized spacial score (nSPS) is 16.4. The van der Waals surface area contributed by atoms with Crippen LogP contribution >= 0.6 is 0 Å². The monoisotopic (exact) mass is 552 g/mol. The molecule has 0 amide bonds. The fourth-order valence-electron chi connectivity index (χ4n) is 4.27. The van der Waals surface area contributed by atoms with E-state index < -0.39 is 12.8 Å². The van der Waals surface area contributed by atoms with Gasteiger partial charge >= 0.3 is 6.18 Å². The fourth-order valence-corrected chi connectivity index (χ4v) is 4.27. The van der Waals surface area contributed by atoms with Gasteiger partial charge < -0.3 is 25.0 Å². The Hall–Kier alpha value is -3.14. The number of hydrogen-bond donors (Lipinski definition) is 2. The molecule has 0 aliphatic carbocycles. The van der Waals surface area contributed by atoms with Gasteiger partial charge in [0, 0.05) is 51.6 Å². The van der Waals surface area contributed by atoms with Crippen molar-refractivity contribution in [2.45, 2.75) is 39.2 Å². The van der Waals surface area contributed by atoms with Gasteiger partial charge in [-0.15, -0.1) is 0 Å². The molecular formula is C24H35F3N10O2. The summed E-state index contributed by atoms with van der Waals surface area (Å²) in [5, 5.41) is 11.4. The number of halogens is 3. The summed E-state index contributed by atoms with van der Waals surface area (Å²) in [6.07, 6.45) is -1.38. The number of fused-ring (bicyclic) bond motifs is 1. The Balaban J connectivity index is 1.73. The topological polar surface area (TPSA) is 118 Å². The highest BCUT2D eigenvalue weighted by molar-refractivity contribution is 5.90. The van der Waals surface area contributed by atoms with E-state index in [1.807, 2.05) is 14.0 Å². The summed E-state index contributed by atoms with van der Waals surface area (Å²) in [6, 6.07) is 1.96. The molecule has 1 aliphatic heterocycles. The number of anilines is 3. The molecule has 1 saturated heterocycles. The van der Waals surface area contributed by atoms with Crippen molar-refractivity contribution in [1.29, 1.82) is 0 Å². The van der Waals surface area contributed by atoms with Gasteiger partial charge in [0.15, 0.2) is 5.82 Å². The van der Waals surface area contributed by atoms with Crippen LogP contribution in [0, 0.1) is 0 Å². The molecule has 0 saturated carbocycles. The molecule has 1 fully saturated rings. The average molecular weight is 553 g/mol. The van der Waals surface area contributed by atoms with Crippen LogP contribution in [0.25, 0.3) is 11.0 Å². The third kappa shape index (κ3) is 8.17. The fraction of sp³-hybridized carbons (Fsp3) is 0.625. The first-order chi connectivity index (χ1) is 18.7. The third-order valence-electron chi connectivity index (χ3n) is 6.08. The summed E-state index contributed by atoms with van der Waals surface area (Å²) < 4.78 is 49.9. The number of piperazine rings is 1. The van der Waals surface area contributed by atoms with Crippen molar-refractivity contribution in [1.82, 2.24) is 39.9 Å². The van der Waals surface area contributed by atoms with Crippen LogP contribution in [0.1, 0.15) is 19.5 Å². The summed E-state index contributed by atoms with van der Waals surface area (Å²) in [5.41, 5.74) is 1.85. The van der Waals surface area contributed by atoms with Gasteiger partial charge in [-0.25, -0.2) is 15.0 Å². The van der Waals surface area contributed by atoms with Gasteiger partial charge in [0.25, 0.3) is 0 Å². The molecule has 4 heterocycles. The number of nitrogens with zero attached hydrogens (tertiary/aromatic N) is 8. The van der Waals surface area contributed by atoms with E-state index in [9.17, 15) is 13.2 Å². The Morgan fingerprint density at radius 1 is 1.23 bits per heavy atom. The first kappa shape index (κ1) is 28.9. The maximum Gasteiger partial charge on any atom is 0.411 e. The lowest BCUT2D eigenvalue weighted by Crippen LogP contribution is -2.49. The largest absolute Gasteiger partial charge is 0.411 e. The van der Waals surface area contributed by atoms with E-state index in [0.717, 1.165) is 19.6 Å². The van der Waals surface area contributed by atoms with E-state index in [1.54, 1.807) is 16.9 Å². The number of rotatable bonds is 13. The molecule has 0 radical (unpaired) electrons. The summed E-state index contributed by atoms with van der Waals surface area (Å²) in [5.74, 6) is 1.51. The van der Waals surface area contributed by atoms with Crippen molar-refractivity contribution in [3.8, 4) is 0 Å². The molecule has 0 bridgehead atoms. The van der Waals surface area contributed by atoms with Crippen molar-refractivity contribution in [3.63, 3.8) is 0 Å². The Morgan fingerprint density at radius 3 is 2.79 bits per heavy atom. The van der Waals surface area contributed by atoms with E-state index in [4.69, 9.17) is 24.5 Å². The second-order valence-corrected chi connectivity index (χ2v) is 9.36. The van der Waals surface area contributed by atoms with Gasteiger partial charge in [-0.1, -0.05) is 0 Å². The molecule has 3 aromatic rings. The molecule has 1 aliphatic rings. The van der Waals surface area contributed by atoms with Gasteiger partial charge in [0.1, 0.15) is 35.5 Å². The molecule has 4 rings (SSSR count). The number of likely N-dealkylation sites (N-methyl/N-ethyl adjacent to an activating group) is 1. The van der Waals surface area contributed by atoms with Gasteiger partial charge in [-0.3, -0.25) is 9.58 Å². The van der Waals surface area contributed by atoms with Crippen LogP contribution in [0.5, 0.6) is 0 Å². The maximum atomic E-state index is 12.7. The van der Waals surface area contributed by atoms with Crippen molar-refractivity contribution < 1.29 is 22.6 Å². The van der Waals surface area contributed by atoms with Crippen LogP contribution in [0.3, 0.4) is 0 Å². The van der Waals surface area contributed by atoms with Gasteiger partial charge in [0.2, 0.25) is 5.95 Å². The highest BCUT2D eigenvalue weighted by Crippen LogP contribution is 2.29. The number of aromatic nitrogens is 6. The maximum absolute atomic E-state index is 12.7. The number of alkyl halides is 3. The predicted octanol–water partition coefficient (Wildman–Crippen LogP) is 2.21. The standard InChI is InChI=1S/C24H35F3N10O2/c1-4-38-11-9-35(3)14-18-20-21(37(34-18)10-12-39-15-24(25,26)27)22(31-19-5-6-28-16-30-19)33-23(32-20)36-8-7-29-17(2)13-36/h5-6,16-17,29H,4,7-15H2,1-3H3,(H,28,30,31,32,33)/t17-/m1/s1. The van der Waals surface area contributed by atoms with Crippen molar-refractivity contribution in [2.24, 2.45) is 0 Å². The van der Waals surface area contributed by atoms with Crippen molar-refractivity contribution in [3.05, 3.63) is 24.3 Å². The van der Waals surface area contributed by atoms with E-state index >= 15 is 0 Å². The van der Waals surface area contributed by atoms with Crippen LogP contribution in [-0.4, -0.2) is 106 Å². The van der Waals surface area contributed by atoms with Crippen LogP contribution in [-0.2, 0) is 22.6 Å². The van der Waals surface area contributed by atoms with E-state index in [2.05, 4.69) is 37.3 Å². The van der Waals surface area contributed by atoms with E-state index in [1.165, 1.54) is 6.33 Å². The zero-order valence-corrected chi connectivity index (χ0v) is 22.4. The molecule has 39 heavy (non-hydrogen) atoms. The zero-order chi connectivity index (χ0) is 27.8. The van der Waals surface area contributed by atoms with Crippen molar-refractivity contribution >= 4 is 28.6 Å².